The monoisotopic (exact) mass is 830 g/mol. The van der Waals surface area contributed by atoms with Gasteiger partial charge in [-0.25, -0.2) is 13.8 Å². The van der Waals surface area contributed by atoms with E-state index in [-0.39, 0.29) is 18.3 Å². The van der Waals surface area contributed by atoms with Gasteiger partial charge in [-0.3, -0.25) is 4.57 Å². The smallest absolute Gasteiger partial charge is 0.266 e. The number of rotatable bonds is 6. The maximum atomic E-state index is 14.8. The van der Waals surface area contributed by atoms with Crippen molar-refractivity contribution in [2.75, 3.05) is 0 Å². The Morgan fingerprint density at radius 1 is 0.375 bits per heavy atom. The van der Waals surface area contributed by atoms with Gasteiger partial charge in [0.25, 0.3) is 6.71 Å². The summed E-state index contributed by atoms with van der Waals surface area (Å²) in [6.07, 6.45) is 0. The van der Waals surface area contributed by atoms with Crippen LogP contribution in [-0.4, -0.2) is 25.4 Å². The lowest BCUT2D eigenvalue weighted by Gasteiger charge is -2.23. The summed E-state index contributed by atoms with van der Waals surface area (Å²) in [5.74, 6) is 0.216. The molecule has 4 nitrogen and oxygen atoms in total. The molecule has 12 rings (SSSR count). The number of aromatic nitrogens is 4. The van der Waals surface area contributed by atoms with Gasteiger partial charge in [0.2, 0.25) is 0 Å². The molecule has 64 heavy (non-hydrogen) atoms. The molecule has 7 heteroatoms. The van der Waals surface area contributed by atoms with Gasteiger partial charge < -0.3 is 9.13 Å². The maximum absolute atomic E-state index is 14.8. The molecule has 0 N–H and O–H groups in total. The highest BCUT2D eigenvalue weighted by Crippen LogP contribution is 2.43. The Bertz CT molecular complexity index is 3770. The van der Waals surface area contributed by atoms with Gasteiger partial charge in [0.05, 0.1) is 33.1 Å². The molecule has 306 valence electrons. The lowest BCUT2D eigenvalue weighted by atomic mass is 9.35. The van der Waals surface area contributed by atoms with Crippen molar-refractivity contribution in [3.05, 3.63) is 210 Å². The molecule has 0 aliphatic rings. The highest BCUT2D eigenvalue weighted by Gasteiger charge is 2.31. The number of halogens is 2. The molecule has 0 unspecified atom stereocenters. The Morgan fingerprint density at radius 3 is 1.39 bits per heavy atom. The van der Waals surface area contributed by atoms with E-state index in [9.17, 15) is 8.78 Å². The Morgan fingerprint density at radius 2 is 0.828 bits per heavy atom. The number of hydrogen-bond donors (Lipinski definition) is 0. The maximum Gasteiger partial charge on any atom is 0.266 e. The number of nitrogens with zero attached hydrogens (tertiary/aromatic N) is 4. The number of para-hydroxylation sites is 4. The summed E-state index contributed by atoms with van der Waals surface area (Å²) in [6, 6.07) is 60.4. The van der Waals surface area contributed by atoms with Gasteiger partial charge in [-0.1, -0.05) is 112 Å². The highest BCUT2D eigenvalue weighted by atomic mass is 19.1. The zero-order valence-corrected chi connectivity index (χ0v) is 35.9. The molecule has 12 aromatic rings. The summed E-state index contributed by atoms with van der Waals surface area (Å²) in [5.41, 5.74) is 15.0. The van der Waals surface area contributed by atoms with Crippen LogP contribution < -0.4 is 16.5 Å². The second-order valence-electron chi connectivity index (χ2n) is 17.2. The minimum Gasteiger partial charge on any atom is -0.309 e. The quantitative estimate of drug-likeness (QED) is 0.153. The second-order valence-corrected chi connectivity index (χ2v) is 17.2. The van der Waals surface area contributed by atoms with E-state index in [4.69, 9.17) is 4.98 Å². The standard InChI is InChI=1S/C57H41BF2N4/c1-34-29-38(59)30-35(2)56(34)58(57-36(3)31-39(60)32-37(57)4)52-23-14-24-53(61-52)64-46-20-11-8-17-42(46)45-33-41(25-26-49(45)64)63-48-22-13-10-19-44(48)55-51(63)28-27-50-54(55)43-18-9-12-21-47(43)62(50)40-15-6-5-7-16-40/h5-33H,1-4H3. The molecule has 0 spiro atoms. The van der Waals surface area contributed by atoms with E-state index in [1.54, 1.807) is 24.3 Å². The van der Waals surface area contributed by atoms with Gasteiger partial charge in [0.15, 0.2) is 0 Å². The Hall–Kier alpha value is -7.77. The van der Waals surface area contributed by atoms with Crippen molar-refractivity contribution in [2.45, 2.75) is 27.7 Å². The van der Waals surface area contributed by atoms with E-state index in [1.807, 2.05) is 33.8 Å². The van der Waals surface area contributed by atoms with E-state index in [1.165, 1.54) is 32.6 Å². The van der Waals surface area contributed by atoms with Crippen molar-refractivity contribution >= 4 is 88.6 Å². The number of benzene rings is 8. The summed E-state index contributed by atoms with van der Waals surface area (Å²) in [4.78, 5) is 5.48. The van der Waals surface area contributed by atoms with Crippen molar-refractivity contribution in [2.24, 2.45) is 0 Å². The van der Waals surface area contributed by atoms with Crippen molar-refractivity contribution in [1.82, 2.24) is 18.7 Å². The van der Waals surface area contributed by atoms with Crippen LogP contribution in [-0.2, 0) is 0 Å². The fourth-order valence-electron chi connectivity index (χ4n) is 10.9. The van der Waals surface area contributed by atoms with Gasteiger partial charge in [-0.05, 0) is 125 Å². The lowest BCUT2D eigenvalue weighted by Crippen LogP contribution is -2.57. The Labute approximate surface area is 369 Å². The summed E-state index contributed by atoms with van der Waals surface area (Å²) < 4.78 is 36.7. The van der Waals surface area contributed by atoms with Gasteiger partial charge in [0, 0.05) is 49.3 Å². The minimum absolute atomic E-state index is 0.277. The first-order valence-electron chi connectivity index (χ1n) is 21.8. The molecular formula is C57H41BF2N4. The first-order valence-corrected chi connectivity index (χ1v) is 21.8. The van der Waals surface area contributed by atoms with Crippen molar-refractivity contribution < 1.29 is 8.78 Å². The topological polar surface area (TPSA) is 27.7 Å². The first-order chi connectivity index (χ1) is 31.2. The number of hydrogen-bond acceptors (Lipinski definition) is 1. The summed E-state index contributed by atoms with van der Waals surface area (Å²) in [5, 5.41) is 7.13. The molecule has 0 bridgehead atoms. The normalized spacial score (nSPS) is 11.9. The van der Waals surface area contributed by atoms with Crippen molar-refractivity contribution in [1.29, 1.82) is 0 Å². The number of aryl methyl sites for hydroxylation is 4. The molecule has 0 aliphatic carbocycles. The molecule has 0 fully saturated rings. The van der Waals surface area contributed by atoms with E-state index in [0.29, 0.717) is 0 Å². The third-order valence-corrected chi connectivity index (χ3v) is 13.4. The molecule has 0 amide bonds. The fourth-order valence-corrected chi connectivity index (χ4v) is 10.9. The highest BCUT2D eigenvalue weighted by molar-refractivity contribution is 6.96. The lowest BCUT2D eigenvalue weighted by molar-refractivity contribution is 0.625. The minimum atomic E-state index is -0.357. The summed E-state index contributed by atoms with van der Waals surface area (Å²) >= 11 is 0. The SMILES string of the molecule is Cc1cc(F)cc(C)c1B(c1cccc(-n2c3ccccc3c3cc(-n4c5ccccc5c5c6c7ccccc7n(-c7ccccc7)c6ccc54)ccc32)n1)c1c(C)cc(F)cc1C. The third-order valence-electron chi connectivity index (χ3n) is 13.4. The molecule has 0 atom stereocenters. The fraction of sp³-hybridized carbons (Fsp3) is 0.0702. The van der Waals surface area contributed by atoms with Gasteiger partial charge in [-0.2, -0.15) is 0 Å². The van der Waals surface area contributed by atoms with E-state index >= 15 is 0 Å². The average molecular weight is 831 g/mol. The number of fused-ring (bicyclic) bond motifs is 10. The van der Waals surface area contributed by atoms with E-state index < -0.39 is 0 Å². The molecule has 0 saturated heterocycles. The predicted molar refractivity (Wildman–Crippen MR) is 264 cm³/mol. The van der Waals surface area contributed by atoms with Crippen LogP contribution in [0.5, 0.6) is 0 Å². The van der Waals surface area contributed by atoms with Crippen LogP contribution in [0.15, 0.2) is 176 Å². The molecule has 0 aliphatic heterocycles. The van der Waals surface area contributed by atoms with Crippen LogP contribution >= 0.6 is 0 Å². The van der Waals surface area contributed by atoms with E-state index in [0.717, 1.165) is 88.8 Å². The molecular weight excluding hydrogens is 789 g/mol. The second kappa shape index (κ2) is 14.4. The van der Waals surface area contributed by atoms with Crippen LogP contribution in [0.2, 0.25) is 0 Å². The van der Waals surface area contributed by atoms with Gasteiger partial charge in [0.1, 0.15) is 17.5 Å². The average Bonchev–Trinajstić information content (AvgIpc) is 3.93. The van der Waals surface area contributed by atoms with Crippen LogP contribution in [0.25, 0.3) is 82.6 Å². The predicted octanol–water partition coefficient (Wildman–Crippen LogP) is 12.4. The third kappa shape index (κ3) is 5.63. The van der Waals surface area contributed by atoms with Crippen molar-refractivity contribution in [3.63, 3.8) is 0 Å². The van der Waals surface area contributed by atoms with Crippen LogP contribution in [0.3, 0.4) is 0 Å². The van der Waals surface area contributed by atoms with Gasteiger partial charge in [-0.15, -0.1) is 0 Å². The van der Waals surface area contributed by atoms with Crippen molar-refractivity contribution in [3.8, 4) is 17.2 Å². The van der Waals surface area contributed by atoms with Gasteiger partial charge >= 0.3 is 0 Å². The molecule has 4 heterocycles. The van der Waals surface area contributed by atoms with Crippen LogP contribution in [0.1, 0.15) is 22.3 Å². The molecule has 0 saturated carbocycles. The Balaban J connectivity index is 1.08. The molecule has 8 aromatic carbocycles. The zero-order chi connectivity index (χ0) is 43.4. The Kier molecular flexibility index (Phi) is 8.54. The molecule has 0 radical (unpaired) electrons. The van der Waals surface area contributed by atoms with Crippen LogP contribution in [0.4, 0.5) is 8.78 Å². The van der Waals surface area contributed by atoms with E-state index in [2.05, 4.69) is 159 Å². The summed E-state index contributed by atoms with van der Waals surface area (Å²) in [6.45, 7) is 7.44. The largest absolute Gasteiger partial charge is 0.309 e. The van der Waals surface area contributed by atoms with Crippen LogP contribution in [0, 0.1) is 39.3 Å². The molecule has 4 aromatic heterocycles. The number of pyridine rings is 1. The zero-order valence-electron chi connectivity index (χ0n) is 35.9. The summed E-state index contributed by atoms with van der Waals surface area (Å²) in [7, 11) is 0. The first kappa shape index (κ1) is 38.0.